The molecule has 0 bridgehead atoms. The van der Waals surface area contributed by atoms with Gasteiger partial charge in [-0.1, -0.05) is 6.07 Å². The Bertz CT molecular complexity index is 713. The lowest BCUT2D eigenvalue weighted by Gasteiger charge is -2.07. The van der Waals surface area contributed by atoms with E-state index in [2.05, 4.69) is 15.3 Å². The van der Waals surface area contributed by atoms with Crippen LogP contribution in [0.5, 0.6) is 0 Å². The first-order chi connectivity index (χ1) is 10.0. The van der Waals surface area contributed by atoms with Gasteiger partial charge >= 0.3 is 0 Å². The molecule has 1 heterocycles. The quantitative estimate of drug-likeness (QED) is 0.907. The van der Waals surface area contributed by atoms with E-state index in [9.17, 15) is 18.4 Å². The number of anilines is 1. The van der Waals surface area contributed by atoms with Gasteiger partial charge in [0.1, 0.15) is 28.8 Å². The Labute approximate surface area is 122 Å². The van der Waals surface area contributed by atoms with Gasteiger partial charge in [0.15, 0.2) is 0 Å². The van der Waals surface area contributed by atoms with E-state index >= 15 is 0 Å². The van der Waals surface area contributed by atoms with Crippen molar-refractivity contribution in [1.29, 1.82) is 0 Å². The molecule has 8 heteroatoms. The van der Waals surface area contributed by atoms with E-state index in [1.165, 1.54) is 17.8 Å². The van der Waals surface area contributed by atoms with E-state index in [-0.39, 0.29) is 5.69 Å². The van der Waals surface area contributed by atoms with E-state index in [4.69, 9.17) is 0 Å². The Kier molecular flexibility index (Phi) is 4.69. The fourth-order valence-corrected chi connectivity index (χ4v) is 2.03. The Morgan fingerprint density at radius 3 is 2.67 bits per heavy atom. The molecule has 0 unspecified atom stereocenters. The number of halogens is 2. The van der Waals surface area contributed by atoms with Crippen LogP contribution in [0.4, 0.5) is 14.5 Å². The van der Waals surface area contributed by atoms with Crippen LogP contribution in [-0.4, -0.2) is 22.1 Å². The first-order valence-corrected chi connectivity index (χ1v) is 7.25. The van der Waals surface area contributed by atoms with Crippen LogP contribution < -0.4 is 10.9 Å². The summed E-state index contributed by atoms with van der Waals surface area (Å²) >= 11 is 1.41. The summed E-state index contributed by atoms with van der Waals surface area (Å²) in [6, 6.07) is 4.19. The molecule has 21 heavy (non-hydrogen) atoms. The zero-order valence-corrected chi connectivity index (χ0v) is 11.8. The third kappa shape index (κ3) is 3.66. The summed E-state index contributed by atoms with van der Waals surface area (Å²) in [4.78, 5) is 29.8. The highest BCUT2D eigenvalue weighted by atomic mass is 32.2. The summed E-state index contributed by atoms with van der Waals surface area (Å²) in [6.45, 7) is 0. The molecule has 1 aromatic carbocycles. The minimum atomic E-state index is -0.905. The molecular weight excluding hydrogens is 300 g/mol. The molecule has 0 aliphatic rings. The van der Waals surface area contributed by atoms with Crippen molar-refractivity contribution in [3.05, 3.63) is 57.8 Å². The molecule has 1 aromatic heterocycles. The molecular formula is C13H11F2N3O2S. The van der Waals surface area contributed by atoms with Crippen molar-refractivity contribution in [3.8, 4) is 0 Å². The van der Waals surface area contributed by atoms with E-state index in [0.717, 1.165) is 18.2 Å². The van der Waals surface area contributed by atoms with Crippen LogP contribution in [-0.2, 0) is 5.75 Å². The maximum atomic E-state index is 13.5. The fraction of sp³-hybridized carbons (Fsp3) is 0.154. The average Bonchev–Trinajstić information content (AvgIpc) is 2.42. The predicted molar refractivity (Wildman–Crippen MR) is 76.4 cm³/mol. The van der Waals surface area contributed by atoms with E-state index in [1.807, 2.05) is 6.26 Å². The van der Waals surface area contributed by atoms with Crippen LogP contribution in [0, 0.1) is 11.6 Å². The zero-order valence-electron chi connectivity index (χ0n) is 10.9. The summed E-state index contributed by atoms with van der Waals surface area (Å²) in [5, 5.41) is 2.08. The number of aromatic amines is 1. The summed E-state index contributed by atoms with van der Waals surface area (Å²) in [5.41, 5.74) is -1.28. The minimum Gasteiger partial charge on any atom is -0.316 e. The van der Waals surface area contributed by atoms with Crippen molar-refractivity contribution in [2.24, 2.45) is 0 Å². The lowest BCUT2D eigenvalue weighted by Crippen LogP contribution is -2.21. The van der Waals surface area contributed by atoms with Crippen LogP contribution in [0.15, 0.2) is 29.1 Å². The van der Waals surface area contributed by atoms with Crippen molar-refractivity contribution in [2.75, 3.05) is 11.6 Å². The van der Waals surface area contributed by atoms with Gasteiger partial charge in [0.2, 0.25) is 0 Å². The van der Waals surface area contributed by atoms with Crippen LogP contribution in [0.3, 0.4) is 0 Å². The lowest BCUT2D eigenvalue weighted by atomic mass is 10.2. The van der Waals surface area contributed by atoms with Gasteiger partial charge < -0.3 is 10.3 Å². The largest absolute Gasteiger partial charge is 0.316 e. The number of hydrogen-bond donors (Lipinski definition) is 2. The smallest absolute Gasteiger partial charge is 0.274 e. The van der Waals surface area contributed by atoms with Gasteiger partial charge in [0, 0.05) is 6.07 Å². The fourth-order valence-electron chi connectivity index (χ4n) is 1.62. The molecule has 0 aliphatic carbocycles. The number of H-pyrrole nitrogens is 1. The van der Waals surface area contributed by atoms with Gasteiger partial charge in [0.05, 0.1) is 5.75 Å². The van der Waals surface area contributed by atoms with Crippen molar-refractivity contribution < 1.29 is 13.6 Å². The third-order valence-corrected chi connectivity index (χ3v) is 3.07. The molecule has 0 atom stereocenters. The highest BCUT2D eigenvalue weighted by Gasteiger charge is 2.15. The number of nitrogens with one attached hydrogen (secondary N) is 2. The van der Waals surface area contributed by atoms with Gasteiger partial charge in [0.25, 0.3) is 11.5 Å². The standard InChI is InChI=1S/C13H11F2N3O2S/c1-21-6-10-16-9(5-11(19)17-10)13(20)18-12-7(14)3-2-4-8(12)15/h2-5H,6H2,1H3,(H,18,20)(H,16,17,19). The molecule has 0 spiro atoms. The topological polar surface area (TPSA) is 74.8 Å². The van der Waals surface area contributed by atoms with Crippen molar-refractivity contribution in [2.45, 2.75) is 5.75 Å². The highest BCUT2D eigenvalue weighted by Crippen LogP contribution is 2.18. The minimum absolute atomic E-state index is 0.203. The Balaban J connectivity index is 2.30. The monoisotopic (exact) mass is 311 g/mol. The lowest BCUT2D eigenvalue weighted by molar-refractivity contribution is 0.102. The molecule has 0 aliphatic heterocycles. The van der Waals surface area contributed by atoms with E-state index in [0.29, 0.717) is 11.6 Å². The van der Waals surface area contributed by atoms with Gasteiger partial charge in [-0.25, -0.2) is 13.8 Å². The summed E-state index contributed by atoms with van der Waals surface area (Å²) in [6.07, 6.45) is 1.81. The van der Waals surface area contributed by atoms with Crippen molar-refractivity contribution >= 4 is 23.4 Å². The normalized spacial score (nSPS) is 10.4. The van der Waals surface area contributed by atoms with Crippen molar-refractivity contribution in [3.63, 3.8) is 0 Å². The number of benzene rings is 1. The summed E-state index contributed by atoms with van der Waals surface area (Å²) < 4.78 is 26.9. The van der Waals surface area contributed by atoms with Crippen molar-refractivity contribution in [1.82, 2.24) is 9.97 Å². The Morgan fingerprint density at radius 2 is 2.05 bits per heavy atom. The van der Waals surface area contributed by atoms with E-state index < -0.39 is 28.8 Å². The first-order valence-electron chi connectivity index (χ1n) is 5.86. The zero-order chi connectivity index (χ0) is 15.4. The Hall–Kier alpha value is -2.22. The highest BCUT2D eigenvalue weighted by molar-refractivity contribution is 7.97. The average molecular weight is 311 g/mol. The molecule has 0 fully saturated rings. The number of carbonyl (C=O) groups excluding carboxylic acids is 1. The predicted octanol–water partition coefficient (Wildman–Crippen LogP) is 2.16. The van der Waals surface area contributed by atoms with Crippen LogP contribution in [0.1, 0.15) is 16.3 Å². The van der Waals surface area contributed by atoms with Gasteiger partial charge in [-0.05, 0) is 18.4 Å². The number of para-hydroxylation sites is 1. The second-order valence-electron chi connectivity index (χ2n) is 4.06. The summed E-state index contributed by atoms with van der Waals surface area (Å²) in [7, 11) is 0. The molecule has 0 saturated carbocycles. The molecule has 2 N–H and O–H groups in total. The number of carbonyl (C=O) groups is 1. The molecule has 2 rings (SSSR count). The van der Waals surface area contributed by atoms with Crippen LogP contribution in [0.25, 0.3) is 0 Å². The third-order valence-electron chi connectivity index (χ3n) is 2.51. The maximum Gasteiger partial charge on any atom is 0.274 e. The number of rotatable bonds is 4. The molecule has 110 valence electrons. The number of amides is 1. The molecule has 0 radical (unpaired) electrons. The Morgan fingerprint density at radius 1 is 1.38 bits per heavy atom. The molecule has 1 amide bonds. The van der Waals surface area contributed by atoms with Gasteiger partial charge in [-0.3, -0.25) is 9.59 Å². The summed E-state index contributed by atoms with van der Waals surface area (Å²) in [5.74, 6) is -1.94. The number of thioether (sulfide) groups is 1. The number of nitrogens with zero attached hydrogens (tertiary/aromatic N) is 1. The number of hydrogen-bond acceptors (Lipinski definition) is 4. The SMILES string of the molecule is CSCc1nc(C(=O)Nc2c(F)cccc2F)cc(=O)[nH]1. The first kappa shape index (κ1) is 15.2. The second kappa shape index (κ2) is 6.49. The molecule has 0 saturated heterocycles. The van der Waals surface area contributed by atoms with Crippen LogP contribution >= 0.6 is 11.8 Å². The number of aromatic nitrogens is 2. The molecule has 2 aromatic rings. The van der Waals surface area contributed by atoms with Gasteiger partial charge in [-0.2, -0.15) is 11.8 Å². The maximum absolute atomic E-state index is 13.5. The second-order valence-corrected chi connectivity index (χ2v) is 4.93. The van der Waals surface area contributed by atoms with Crippen LogP contribution in [0.2, 0.25) is 0 Å². The molecule has 5 nitrogen and oxygen atoms in total. The van der Waals surface area contributed by atoms with Gasteiger partial charge in [-0.15, -0.1) is 0 Å². The van der Waals surface area contributed by atoms with E-state index in [1.54, 1.807) is 0 Å².